The number of hydrogen-bond acceptors (Lipinski definition) is 6. The maximum absolute atomic E-state index is 15.7. The molecule has 1 atom stereocenters. The zero-order valence-corrected chi connectivity index (χ0v) is 17.9. The lowest BCUT2D eigenvalue weighted by molar-refractivity contribution is 0.159. The van der Waals surface area contributed by atoms with Crippen LogP contribution in [0.15, 0.2) is 55.1 Å². The summed E-state index contributed by atoms with van der Waals surface area (Å²) in [4.78, 5) is 2.08. The summed E-state index contributed by atoms with van der Waals surface area (Å²) >= 11 is 7.81. The predicted octanol–water partition coefficient (Wildman–Crippen LogP) is 4.90. The quantitative estimate of drug-likeness (QED) is 0.295. The number of nitrogens with one attached hydrogen (secondary N) is 1. The highest BCUT2D eigenvalue weighted by Crippen LogP contribution is 2.44. The van der Waals surface area contributed by atoms with Gasteiger partial charge in [0.05, 0.1) is 5.02 Å². The Morgan fingerprint density at radius 3 is 2.81 bits per heavy atom. The van der Waals surface area contributed by atoms with Gasteiger partial charge in [-0.05, 0) is 52.1 Å². The van der Waals surface area contributed by atoms with E-state index in [0.29, 0.717) is 24.0 Å². The van der Waals surface area contributed by atoms with Crippen molar-refractivity contribution in [3.05, 3.63) is 66.0 Å². The monoisotopic (exact) mass is 455 g/mol. The lowest BCUT2D eigenvalue weighted by Crippen LogP contribution is -2.60. The SMILES string of the molecule is C=CC(O)NC1CN(c2snc3c(F)c(-c4cc(O)cc5ccccc45)c(Cl)cc23)C1. The van der Waals surface area contributed by atoms with Crippen LogP contribution in [-0.4, -0.2) is 39.9 Å². The van der Waals surface area contributed by atoms with Gasteiger partial charge in [0, 0.05) is 30.1 Å². The fourth-order valence-electron chi connectivity index (χ4n) is 4.03. The van der Waals surface area contributed by atoms with E-state index in [1.165, 1.54) is 23.7 Å². The number of phenolic OH excluding ortho intramolecular Hbond substituents is 1. The molecule has 5 rings (SSSR count). The Labute approximate surface area is 187 Å². The molecule has 0 aliphatic carbocycles. The summed E-state index contributed by atoms with van der Waals surface area (Å²) in [6, 6.07) is 12.5. The summed E-state index contributed by atoms with van der Waals surface area (Å²) in [5.41, 5.74) is 1.02. The number of aromatic nitrogens is 1. The average Bonchev–Trinajstić information content (AvgIpc) is 3.13. The first-order valence-corrected chi connectivity index (χ1v) is 10.9. The van der Waals surface area contributed by atoms with Gasteiger partial charge in [-0.15, -0.1) is 0 Å². The molecule has 3 N–H and O–H groups in total. The highest BCUT2D eigenvalue weighted by Gasteiger charge is 2.31. The van der Waals surface area contributed by atoms with E-state index in [1.807, 2.05) is 24.3 Å². The molecular formula is C23H19ClFN3O2S. The number of halogens is 2. The van der Waals surface area contributed by atoms with Crippen molar-refractivity contribution < 1.29 is 14.6 Å². The minimum absolute atomic E-state index is 0.0454. The van der Waals surface area contributed by atoms with Crippen LogP contribution in [0.4, 0.5) is 9.39 Å². The van der Waals surface area contributed by atoms with Crippen molar-refractivity contribution in [3.8, 4) is 16.9 Å². The van der Waals surface area contributed by atoms with Crippen LogP contribution >= 0.6 is 23.1 Å². The molecule has 0 bridgehead atoms. The van der Waals surface area contributed by atoms with Crippen LogP contribution < -0.4 is 10.2 Å². The van der Waals surface area contributed by atoms with E-state index in [2.05, 4.69) is 21.2 Å². The van der Waals surface area contributed by atoms with Gasteiger partial charge in [0.2, 0.25) is 0 Å². The van der Waals surface area contributed by atoms with Crippen LogP contribution in [-0.2, 0) is 0 Å². The Kier molecular flexibility index (Phi) is 5.06. The van der Waals surface area contributed by atoms with Crippen LogP contribution in [0.2, 0.25) is 5.02 Å². The molecule has 2 heterocycles. The second kappa shape index (κ2) is 7.76. The molecule has 0 radical (unpaired) electrons. The molecule has 1 fully saturated rings. The number of aromatic hydroxyl groups is 1. The highest BCUT2D eigenvalue weighted by atomic mass is 35.5. The molecule has 1 unspecified atom stereocenters. The van der Waals surface area contributed by atoms with E-state index in [9.17, 15) is 10.2 Å². The van der Waals surface area contributed by atoms with Gasteiger partial charge in [0.25, 0.3) is 0 Å². The fourth-order valence-corrected chi connectivity index (χ4v) is 5.20. The van der Waals surface area contributed by atoms with Crippen LogP contribution in [0.1, 0.15) is 0 Å². The maximum Gasteiger partial charge on any atom is 0.159 e. The zero-order valence-electron chi connectivity index (χ0n) is 16.3. The number of anilines is 1. The Morgan fingerprint density at radius 1 is 1.26 bits per heavy atom. The van der Waals surface area contributed by atoms with Crippen LogP contribution in [0.5, 0.6) is 5.75 Å². The fraction of sp³-hybridized carbons (Fsp3) is 0.174. The smallest absolute Gasteiger partial charge is 0.159 e. The third-order valence-corrected chi connectivity index (χ3v) is 6.78. The van der Waals surface area contributed by atoms with Crippen LogP contribution in [0, 0.1) is 5.82 Å². The minimum Gasteiger partial charge on any atom is -0.508 e. The normalized spacial score (nSPS) is 15.4. The maximum atomic E-state index is 15.7. The second-order valence-corrected chi connectivity index (χ2v) is 8.75. The Morgan fingerprint density at radius 2 is 2.03 bits per heavy atom. The molecule has 8 heteroatoms. The molecule has 5 nitrogen and oxygen atoms in total. The molecule has 1 aliphatic rings. The van der Waals surface area contributed by atoms with Crippen molar-refractivity contribution in [1.82, 2.24) is 9.69 Å². The van der Waals surface area contributed by atoms with E-state index in [0.717, 1.165) is 15.8 Å². The van der Waals surface area contributed by atoms with Gasteiger partial charge in [-0.1, -0.05) is 42.4 Å². The molecule has 0 spiro atoms. The largest absolute Gasteiger partial charge is 0.508 e. The topological polar surface area (TPSA) is 68.6 Å². The van der Waals surface area contributed by atoms with Gasteiger partial charge in [-0.3, -0.25) is 5.32 Å². The van der Waals surface area contributed by atoms with Crippen molar-refractivity contribution >= 4 is 49.8 Å². The number of aliphatic hydroxyl groups is 1. The summed E-state index contributed by atoms with van der Waals surface area (Å²) in [7, 11) is 0. The van der Waals surface area contributed by atoms with Crippen LogP contribution in [0.25, 0.3) is 32.8 Å². The molecule has 3 aromatic carbocycles. The van der Waals surface area contributed by atoms with E-state index >= 15 is 4.39 Å². The molecule has 31 heavy (non-hydrogen) atoms. The lowest BCUT2D eigenvalue weighted by atomic mass is 9.96. The van der Waals surface area contributed by atoms with Crippen LogP contribution in [0.3, 0.4) is 0 Å². The summed E-state index contributed by atoms with van der Waals surface area (Å²) in [5.74, 6) is -0.456. The number of aliphatic hydroxyl groups excluding tert-OH is 1. The number of hydrogen-bond donors (Lipinski definition) is 3. The van der Waals surface area contributed by atoms with Gasteiger partial charge in [0.15, 0.2) is 5.82 Å². The Balaban J connectivity index is 1.56. The summed E-state index contributed by atoms with van der Waals surface area (Å²) in [6.07, 6.45) is 0.684. The molecule has 1 aliphatic heterocycles. The number of rotatable bonds is 5. The molecule has 1 aromatic heterocycles. The van der Waals surface area contributed by atoms with E-state index in [1.54, 1.807) is 12.1 Å². The molecule has 0 saturated carbocycles. The van der Waals surface area contributed by atoms with E-state index < -0.39 is 12.0 Å². The summed E-state index contributed by atoms with van der Waals surface area (Å²) < 4.78 is 20.0. The van der Waals surface area contributed by atoms with Gasteiger partial charge in [0.1, 0.15) is 22.5 Å². The Hall–Kier alpha value is -2.71. The van der Waals surface area contributed by atoms with E-state index in [-0.39, 0.29) is 27.9 Å². The number of phenols is 1. The first kappa shape index (κ1) is 20.2. The summed E-state index contributed by atoms with van der Waals surface area (Å²) in [5, 5.41) is 26.2. The second-order valence-electron chi connectivity index (χ2n) is 7.59. The Bertz CT molecular complexity index is 1320. The minimum atomic E-state index is -0.753. The lowest BCUT2D eigenvalue weighted by Gasteiger charge is -2.41. The number of nitrogens with zero attached hydrogens (tertiary/aromatic N) is 2. The zero-order chi connectivity index (χ0) is 21.7. The highest BCUT2D eigenvalue weighted by molar-refractivity contribution is 7.11. The predicted molar refractivity (Wildman–Crippen MR) is 125 cm³/mol. The number of benzene rings is 3. The third-order valence-electron chi connectivity index (χ3n) is 5.56. The third kappa shape index (κ3) is 3.43. The number of fused-ring (bicyclic) bond motifs is 2. The van der Waals surface area contributed by atoms with Gasteiger partial charge in [-0.2, -0.15) is 4.37 Å². The van der Waals surface area contributed by atoms with Gasteiger partial charge >= 0.3 is 0 Å². The molecular weight excluding hydrogens is 437 g/mol. The first-order valence-electron chi connectivity index (χ1n) is 9.77. The van der Waals surface area contributed by atoms with Crippen molar-refractivity contribution in [2.24, 2.45) is 0 Å². The molecule has 0 amide bonds. The van der Waals surface area contributed by atoms with Gasteiger partial charge in [-0.25, -0.2) is 4.39 Å². The van der Waals surface area contributed by atoms with Crippen molar-refractivity contribution in [2.45, 2.75) is 12.3 Å². The van der Waals surface area contributed by atoms with E-state index in [4.69, 9.17) is 11.6 Å². The van der Waals surface area contributed by atoms with Gasteiger partial charge < -0.3 is 15.1 Å². The van der Waals surface area contributed by atoms with Crippen molar-refractivity contribution in [1.29, 1.82) is 0 Å². The molecule has 158 valence electrons. The van der Waals surface area contributed by atoms with Crippen molar-refractivity contribution in [2.75, 3.05) is 18.0 Å². The standard InChI is InChI=1S/C23H19ClFN3O2S/c1-2-19(30)26-13-10-28(11-13)23-17-9-18(24)20(21(25)22(17)27-31-23)16-8-14(29)7-12-5-3-4-6-15(12)16/h2-9,13,19,26,29-30H,1,10-11H2. The average molecular weight is 456 g/mol. The first-order chi connectivity index (χ1) is 15.0. The molecule has 1 saturated heterocycles. The molecule has 4 aromatic rings. The summed E-state index contributed by atoms with van der Waals surface area (Å²) in [6.45, 7) is 4.89. The van der Waals surface area contributed by atoms with Crippen molar-refractivity contribution in [3.63, 3.8) is 0 Å².